The van der Waals surface area contributed by atoms with Crippen molar-refractivity contribution in [1.82, 2.24) is 4.98 Å². The molecule has 0 radical (unpaired) electrons. The zero-order valence-electron chi connectivity index (χ0n) is 11.6. The van der Waals surface area contributed by atoms with Crippen LogP contribution in [0.15, 0.2) is 42.6 Å². The lowest BCUT2D eigenvalue weighted by Gasteiger charge is -2.08. The summed E-state index contributed by atoms with van der Waals surface area (Å²) in [5.74, 6) is -0.948. The van der Waals surface area contributed by atoms with Crippen LogP contribution >= 0.6 is 0 Å². The van der Waals surface area contributed by atoms with Gasteiger partial charge in [0.15, 0.2) is 0 Å². The number of benzene rings is 1. The minimum absolute atomic E-state index is 0.127. The number of anilines is 2. The molecule has 0 bridgehead atoms. The second-order valence-corrected chi connectivity index (χ2v) is 4.28. The summed E-state index contributed by atoms with van der Waals surface area (Å²) in [7, 11) is 1.61. The van der Waals surface area contributed by atoms with E-state index in [1.54, 1.807) is 31.4 Å². The van der Waals surface area contributed by atoms with Gasteiger partial charge in [0.2, 0.25) is 0 Å². The third-order valence-corrected chi connectivity index (χ3v) is 2.75. The van der Waals surface area contributed by atoms with Crippen molar-refractivity contribution >= 4 is 17.3 Å². The minimum Gasteiger partial charge on any atom is -0.383 e. The van der Waals surface area contributed by atoms with E-state index in [0.717, 1.165) is 5.69 Å². The van der Waals surface area contributed by atoms with Gasteiger partial charge in [0.25, 0.3) is 5.91 Å². The highest BCUT2D eigenvalue weighted by atomic mass is 19.1. The van der Waals surface area contributed by atoms with Crippen LogP contribution in [0, 0.1) is 5.82 Å². The van der Waals surface area contributed by atoms with E-state index in [-0.39, 0.29) is 11.4 Å². The van der Waals surface area contributed by atoms with E-state index in [1.165, 1.54) is 18.3 Å². The van der Waals surface area contributed by atoms with E-state index in [4.69, 9.17) is 4.74 Å². The van der Waals surface area contributed by atoms with Gasteiger partial charge in [-0.3, -0.25) is 9.78 Å². The van der Waals surface area contributed by atoms with Gasteiger partial charge in [0.1, 0.15) is 11.5 Å². The molecular weight excluding hydrogens is 273 g/mol. The molecule has 0 aliphatic heterocycles. The predicted molar refractivity (Wildman–Crippen MR) is 79.0 cm³/mol. The standard InChI is InChI=1S/C15H16FN3O2/c1-21-9-8-17-11-6-7-18-14(10-11)15(20)19-13-5-3-2-4-12(13)16/h2-7,10H,8-9H2,1H3,(H,17,18)(H,19,20). The van der Waals surface area contributed by atoms with E-state index in [1.807, 2.05) is 0 Å². The van der Waals surface area contributed by atoms with Crippen molar-refractivity contribution in [3.8, 4) is 0 Å². The van der Waals surface area contributed by atoms with E-state index >= 15 is 0 Å². The molecule has 2 N–H and O–H groups in total. The maximum atomic E-state index is 13.5. The Labute approximate surface area is 122 Å². The molecule has 6 heteroatoms. The van der Waals surface area contributed by atoms with Gasteiger partial charge in [-0.15, -0.1) is 0 Å². The molecule has 110 valence electrons. The summed E-state index contributed by atoms with van der Waals surface area (Å²) in [5, 5.41) is 5.59. The van der Waals surface area contributed by atoms with Crippen molar-refractivity contribution in [2.24, 2.45) is 0 Å². The summed E-state index contributed by atoms with van der Waals surface area (Å²) >= 11 is 0. The van der Waals surface area contributed by atoms with E-state index < -0.39 is 11.7 Å². The number of halogens is 1. The summed E-state index contributed by atoms with van der Waals surface area (Å²) in [4.78, 5) is 16.0. The summed E-state index contributed by atoms with van der Waals surface area (Å²) in [6.45, 7) is 1.17. The van der Waals surface area contributed by atoms with Crippen LogP contribution in [-0.4, -0.2) is 31.2 Å². The minimum atomic E-state index is -0.486. The quantitative estimate of drug-likeness (QED) is 0.802. The van der Waals surface area contributed by atoms with Crippen LogP contribution in [0.3, 0.4) is 0 Å². The first kappa shape index (κ1) is 14.9. The van der Waals surface area contributed by atoms with Gasteiger partial charge in [-0.25, -0.2) is 4.39 Å². The highest BCUT2D eigenvalue weighted by Gasteiger charge is 2.10. The van der Waals surface area contributed by atoms with Crippen molar-refractivity contribution in [3.05, 3.63) is 54.1 Å². The summed E-state index contributed by atoms with van der Waals surface area (Å²) in [6, 6.07) is 9.33. The van der Waals surface area contributed by atoms with Crippen LogP contribution in [0.4, 0.5) is 15.8 Å². The van der Waals surface area contributed by atoms with Crippen LogP contribution in [0.25, 0.3) is 0 Å². The van der Waals surface area contributed by atoms with Gasteiger partial charge in [0, 0.05) is 25.5 Å². The number of methoxy groups -OCH3 is 1. The molecule has 0 unspecified atom stereocenters. The van der Waals surface area contributed by atoms with Gasteiger partial charge in [-0.05, 0) is 24.3 Å². The number of rotatable bonds is 6. The maximum absolute atomic E-state index is 13.5. The van der Waals surface area contributed by atoms with Crippen molar-refractivity contribution in [1.29, 1.82) is 0 Å². The Morgan fingerprint density at radius 2 is 2.14 bits per heavy atom. The topological polar surface area (TPSA) is 63.2 Å². The fourth-order valence-electron chi connectivity index (χ4n) is 1.71. The van der Waals surface area contributed by atoms with Crippen LogP contribution in [-0.2, 0) is 4.74 Å². The molecule has 0 saturated carbocycles. The number of aromatic nitrogens is 1. The lowest BCUT2D eigenvalue weighted by Crippen LogP contribution is -2.15. The van der Waals surface area contributed by atoms with Crippen LogP contribution in [0.5, 0.6) is 0 Å². The number of nitrogens with one attached hydrogen (secondary N) is 2. The molecule has 1 aromatic heterocycles. The first-order valence-electron chi connectivity index (χ1n) is 6.45. The zero-order chi connectivity index (χ0) is 15.1. The SMILES string of the molecule is COCCNc1ccnc(C(=O)Nc2ccccc2F)c1. The number of nitrogens with zero attached hydrogens (tertiary/aromatic N) is 1. The molecule has 2 aromatic rings. The molecule has 21 heavy (non-hydrogen) atoms. The Hall–Kier alpha value is -2.47. The van der Waals surface area contributed by atoms with Crippen molar-refractivity contribution < 1.29 is 13.9 Å². The molecular formula is C15H16FN3O2. The molecule has 2 rings (SSSR count). The molecule has 0 fully saturated rings. The number of hydrogen-bond donors (Lipinski definition) is 2. The van der Waals surface area contributed by atoms with Crippen molar-refractivity contribution in [2.75, 3.05) is 30.9 Å². The molecule has 0 spiro atoms. The van der Waals surface area contributed by atoms with Gasteiger partial charge in [-0.1, -0.05) is 12.1 Å². The summed E-state index contributed by atoms with van der Waals surface area (Å²) < 4.78 is 18.4. The van der Waals surface area contributed by atoms with Gasteiger partial charge in [-0.2, -0.15) is 0 Å². The molecule has 0 atom stereocenters. The van der Waals surface area contributed by atoms with Crippen molar-refractivity contribution in [3.63, 3.8) is 0 Å². The Balaban J connectivity index is 2.05. The number of amides is 1. The third-order valence-electron chi connectivity index (χ3n) is 2.75. The number of hydrogen-bond acceptors (Lipinski definition) is 4. The lowest BCUT2D eigenvalue weighted by molar-refractivity contribution is 0.102. The first-order chi connectivity index (χ1) is 10.2. The van der Waals surface area contributed by atoms with E-state index in [2.05, 4.69) is 15.6 Å². The Morgan fingerprint density at radius 1 is 1.33 bits per heavy atom. The number of carbonyl (C=O) groups excluding carboxylic acids is 1. The fraction of sp³-hybridized carbons (Fsp3) is 0.200. The van der Waals surface area contributed by atoms with Crippen LogP contribution in [0.1, 0.15) is 10.5 Å². The molecule has 0 saturated heterocycles. The first-order valence-corrected chi connectivity index (χ1v) is 6.45. The van der Waals surface area contributed by atoms with Gasteiger partial charge >= 0.3 is 0 Å². The predicted octanol–water partition coefficient (Wildman–Crippen LogP) is 2.53. The second-order valence-electron chi connectivity index (χ2n) is 4.28. The largest absolute Gasteiger partial charge is 0.383 e. The normalized spacial score (nSPS) is 10.2. The number of carbonyl (C=O) groups is 1. The molecule has 1 heterocycles. The fourth-order valence-corrected chi connectivity index (χ4v) is 1.71. The zero-order valence-corrected chi connectivity index (χ0v) is 11.6. The molecule has 0 aliphatic carbocycles. The van der Waals surface area contributed by atoms with Crippen molar-refractivity contribution in [2.45, 2.75) is 0 Å². The lowest BCUT2D eigenvalue weighted by atomic mass is 10.2. The van der Waals surface area contributed by atoms with E-state index in [9.17, 15) is 9.18 Å². The molecule has 5 nitrogen and oxygen atoms in total. The summed E-state index contributed by atoms with van der Waals surface area (Å²) in [5.41, 5.74) is 1.09. The second kappa shape index (κ2) is 7.35. The molecule has 0 aliphatic rings. The smallest absolute Gasteiger partial charge is 0.274 e. The average Bonchev–Trinajstić information content (AvgIpc) is 2.50. The summed E-state index contributed by atoms with van der Waals surface area (Å²) in [6.07, 6.45) is 1.52. The average molecular weight is 289 g/mol. The van der Waals surface area contributed by atoms with Crippen LogP contribution in [0.2, 0.25) is 0 Å². The number of pyridine rings is 1. The highest BCUT2D eigenvalue weighted by molar-refractivity contribution is 6.03. The van der Waals surface area contributed by atoms with Gasteiger partial charge in [0.05, 0.1) is 12.3 Å². The number of ether oxygens (including phenoxy) is 1. The highest BCUT2D eigenvalue weighted by Crippen LogP contribution is 2.14. The molecule has 1 aromatic carbocycles. The Bertz CT molecular complexity index is 619. The maximum Gasteiger partial charge on any atom is 0.274 e. The Kier molecular flexibility index (Phi) is 5.22. The number of para-hydroxylation sites is 1. The molecule has 1 amide bonds. The monoisotopic (exact) mass is 289 g/mol. The van der Waals surface area contributed by atoms with Crippen LogP contribution < -0.4 is 10.6 Å². The van der Waals surface area contributed by atoms with Gasteiger partial charge < -0.3 is 15.4 Å². The van der Waals surface area contributed by atoms with E-state index in [0.29, 0.717) is 13.2 Å². The Morgan fingerprint density at radius 3 is 2.90 bits per heavy atom. The third kappa shape index (κ3) is 4.25.